The van der Waals surface area contributed by atoms with Gasteiger partial charge < -0.3 is 14.4 Å². The predicted molar refractivity (Wildman–Crippen MR) is 81.1 cm³/mol. The van der Waals surface area contributed by atoms with Gasteiger partial charge in [0.15, 0.2) is 0 Å². The molecule has 0 aliphatic heterocycles. The summed E-state index contributed by atoms with van der Waals surface area (Å²) < 4.78 is 57.9. The van der Waals surface area contributed by atoms with E-state index in [2.05, 4.69) is 4.74 Å². The quantitative estimate of drug-likeness (QED) is 0.538. The first-order valence-corrected chi connectivity index (χ1v) is 7.10. The summed E-state index contributed by atoms with van der Waals surface area (Å²) in [5.74, 6) is -0.629. The summed E-state index contributed by atoms with van der Waals surface area (Å²) in [5, 5.41) is 9.21. The molecule has 0 saturated carbocycles. The van der Waals surface area contributed by atoms with Crippen LogP contribution in [0.4, 0.5) is 22.4 Å². The summed E-state index contributed by atoms with van der Waals surface area (Å²) in [4.78, 5) is 10.8. The summed E-state index contributed by atoms with van der Waals surface area (Å²) in [7, 11) is 0. The molecular weight excluding hydrogens is 342 g/mol. The number of benzene rings is 2. The normalized spacial score (nSPS) is 11.7. The largest absolute Gasteiger partial charge is 0.512 e. The number of carboxylic acid groups (broad SMARTS) is 1. The average Bonchev–Trinajstić information content (AvgIpc) is 2.82. The summed E-state index contributed by atoms with van der Waals surface area (Å²) in [5.41, 5.74) is -0.0739. The number of alkyl halides is 3. The van der Waals surface area contributed by atoms with Crippen LogP contribution < -0.4 is 4.74 Å². The molecule has 1 heterocycles. The number of hydrogen-bond donors (Lipinski definition) is 1. The van der Waals surface area contributed by atoms with Crippen LogP contribution in [0.1, 0.15) is 11.1 Å². The highest BCUT2D eigenvalue weighted by molar-refractivity contribution is 5.83. The van der Waals surface area contributed by atoms with Gasteiger partial charge in [-0.25, -0.2) is 9.18 Å². The topological polar surface area (TPSA) is 51.5 Å². The van der Waals surface area contributed by atoms with Gasteiger partial charge in [-0.3, -0.25) is 0 Å². The van der Waals surface area contributed by atoms with E-state index in [9.17, 15) is 22.4 Å². The molecule has 0 fully saturated rings. The van der Waals surface area contributed by atoms with Crippen LogP contribution in [0.15, 0.2) is 48.5 Å². The van der Waals surface area contributed by atoms with Gasteiger partial charge in [0, 0.05) is 11.5 Å². The second-order valence-electron chi connectivity index (χ2n) is 5.34. The number of carbonyl (C=O) groups is 1. The Hall–Kier alpha value is -3.03. The fraction of sp³-hybridized carbons (Fsp3) is 0.118. The van der Waals surface area contributed by atoms with Crippen molar-refractivity contribution < 1.29 is 32.2 Å². The van der Waals surface area contributed by atoms with Gasteiger partial charge >= 0.3 is 12.3 Å². The number of hydrogen-bond acceptors (Lipinski definition) is 2. The Balaban J connectivity index is 2.07. The van der Waals surface area contributed by atoms with E-state index in [1.807, 2.05) is 0 Å². The van der Waals surface area contributed by atoms with Crippen LogP contribution in [0.25, 0.3) is 10.9 Å². The van der Waals surface area contributed by atoms with Gasteiger partial charge in [0.1, 0.15) is 5.82 Å². The number of aromatic nitrogens is 1. The standard InChI is InChI=1S/C17H11F4NO3/c18-13-4-5-14-11(7-13)8-15(25-16(23)24)22(14)9-10-2-1-3-12(6-10)17(19,20)21/h1-8H,9H2,(H,23,24). The van der Waals surface area contributed by atoms with Gasteiger partial charge in [0.2, 0.25) is 5.88 Å². The maximum atomic E-state index is 13.4. The highest BCUT2D eigenvalue weighted by Crippen LogP contribution is 2.31. The molecule has 4 nitrogen and oxygen atoms in total. The summed E-state index contributed by atoms with van der Waals surface area (Å²) in [6, 6.07) is 9.76. The number of halogens is 4. The second-order valence-corrected chi connectivity index (χ2v) is 5.34. The van der Waals surface area contributed by atoms with Crippen LogP contribution in [0.5, 0.6) is 5.88 Å². The lowest BCUT2D eigenvalue weighted by atomic mass is 10.1. The molecule has 0 amide bonds. The molecule has 130 valence electrons. The highest BCUT2D eigenvalue weighted by Gasteiger charge is 2.30. The van der Waals surface area contributed by atoms with Crippen molar-refractivity contribution >= 4 is 17.1 Å². The van der Waals surface area contributed by atoms with Crippen LogP contribution in [-0.4, -0.2) is 15.8 Å². The molecule has 1 aromatic heterocycles. The third kappa shape index (κ3) is 3.57. The van der Waals surface area contributed by atoms with Crippen molar-refractivity contribution in [1.29, 1.82) is 0 Å². The zero-order valence-electron chi connectivity index (χ0n) is 12.5. The van der Waals surface area contributed by atoms with Crippen LogP contribution in [-0.2, 0) is 12.7 Å². The number of rotatable bonds is 3. The van der Waals surface area contributed by atoms with E-state index in [0.717, 1.165) is 12.1 Å². The van der Waals surface area contributed by atoms with Gasteiger partial charge in [0.05, 0.1) is 17.6 Å². The smallest absolute Gasteiger partial charge is 0.449 e. The summed E-state index contributed by atoms with van der Waals surface area (Å²) in [6.07, 6.45) is -6.06. The molecule has 0 bridgehead atoms. The number of nitrogens with zero attached hydrogens (tertiary/aromatic N) is 1. The molecule has 1 N–H and O–H groups in total. The molecule has 0 radical (unpaired) electrons. The molecule has 0 aliphatic carbocycles. The Kier molecular flexibility index (Phi) is 4.12. The van der Waals surface area contributed by atoms with E-state index in [0.29, 0.717) is 16.5 Å². The van der Waals surface area contributed by atoms with E-state index in [-0.39, 0.29) is 12.4 Å². The van der Waals surface area contributed by atoms with E-state index in [1.54, 1.807) is 0 Å². The van der Waals surface area contributed by atoms with Crippen molar-refractivity contribution in [2.45, 2.75) is 12.7 Å². The molecular formula is C17H11F4NO3. The predicted octanol–water partition coefficient (Wildman–Crippen LogP) is 4.90. The Morgan fingerprint density at radius 1 is 1.12 bits per heavy atom. The molecule has 0 unspecified atom stereocenters. The lowest BCUT2D eigenvalue weighted by Crippen LogP contribution is -2.10. The molecule has 25 heavy (non-hydrogen) atoms. The van der Waals surface area contributed by atoms with Crippen LogP contribution >= 0.6 is 0 Å². The third-order valence-corrected chi connectivity index (χ3v) is 3.61. The van der Waals surface area contributed by atoms with E-state index in [4.69, 9.17) is 5.11 Å². The number of fused-ring (bicyclic) bond motifs is 1. The Bertz CT molecular complexity index is 947. The zero-order valence-corrected chi connectivity index (χ0v) is 12.5. The SMILES string of the molecule is O=C(O)Oc1cc2cc(F)ccc2n1Cc1cccc(C(F)(F)F)c1. The lowest BCUT2D eigenvalue weighted by Gasteiger charge is -2.12. The molecule has 0 saturated heterocycles. The zero-order chi connectivity index (χ0) is 18.2. The van der Waals surface area contributed by atoms with Crippen LogP contribution in [0, 0.1) is 5.82 Å². The third-order valence-electron chi connectivity index (χ3n) is 3.61. The fourth-order valence-electron chi connectivity index (χ4n) is 2.58. The minimum atomic E-state index is -4.49. The van der Waals surface area contributed by atoms with E-state index < -0.39 is 23.7 Å². The molecule has 3 aromatic rings. The maximum absolute atomic E-state index is 13.4. The molecule has 0 spiro atoms. The maximum Gasteiger partial charge on any atom is 0.512 e. The first kappa shape index (κ1) is 16.8. The lowest BCUT2D eigenvalue weighted by molar-refractivity contribution is -0.137. The van der Waals surface area contributed by atoms with E-state index in [1.165, 1.54) is 41.0 Å². The molecule has 0 atom stereocenters. The van der Waals surface area contributed by atoms with Crippen LogP contribution in [0.3, 0.4) is 0 Å². The monoisotopic (exact) mass is 353 g/mol. The van der Waals surface area contributed by atoms with Crippen molar-refractivity contribution in [3.63, 3.8) is 0 Å². The van der Waals surface area contributed by atoms with Crippen molar-refractivity contribution in [3.8, 4) is 5.88 Å². The van der Waals surface area contributed by atoms with Crippen molar-refractivity contribution in [1.82, 2.24) is 4.57 Å². The van der Waals surface area contributed by atoms with Crippen molar-refractivity contribution in [2.24, 2.45) is 0 Å². The van der Waals surface area contributed by atoms with Crippen LogP contribution in [0.2, 0.25) is 0 Å². The first-order chi connectivity index (χ1) is 11.7. The molecule has 2 aromatic carbocycles. The van der Waals surface area contributed by atoms with Gasteiger partial charge in [0.25, 0.3) is 0 Å². The highest BCUT2D eigenvalue weighted by atomic mass is 19.4. The molecule has 3 rings (SSSR count). The molecule has 0 aliphatic rings. The Morgan fingerprint density at radius 3 is 2.56 bits per heavy atom. The minimum absolute atomic E-state index is 0.0678. The van der Waals surface area contributed by atoms with Gasteiger partial charge in [-0.05, 0) is 35.9 Å². The molecule has 8 heteroatoms. The van der Waals surface area contributed by atoms with Crippen molar-refractivity contribution in [2.75, 3.05) is 0 Å². The minimum Gasteiger partial charge on any atom is -0.449 e. The fourth-order valence-corrected chi connectivity index (χ4v) is 2.58. The Morgan fingerprint density at radius 2 is 1.88 bits per heavy atom. The first-order valence-electron chi connectivity index (χ1n) is 7.10. The van der Waals surface area contributed by atoms with Gasteiger partial charge in [-0.2, -0.15) is 13.2 Å². The Labute approximate surface area is 138 Å². The average molecular weight is 353 g/mol. The summed E-state index contributed by atoms with van der Waals surface area (Å²) >= 11 is 0. The van der Waals surface area contributed by atoms with Gasteiger partial charge in [-0.1, -0.05) is 12.1 Å². The second kappa shape index (κ2) is 6.12. The van der Waals surface area contributed by atoms with Crippen molar-refractivity contribution in [3.05, 3.63) is 65.5 Å². The number of ether oxygens (including phenoxy) is 1. The van der Waals surface area contributed by atoms with Gasteiger partial charge in [-0.15, -0.1) is 0 Å². The summed E-state index contributed by atoms with van der Waals surface area (Å²) in [6.45, 7) is -0.0678. The van der Waals surface area contributed by atoms with E-state index >= 15 is 0 Å².